The number of para-hydroxylation sites is 1. The van der Waals surface area contributed by atoms with E-state index in [2.05, 4.69) is 48.3 Å². The van der Waals surface area contributed by atoms with E-state index in [1.807, 2.05) is 27.7 Å². The third kappa shape index (κ3) is 3.12. The first-order valence-corrected chi connectivity index (χ1v) is 9.61. The Labute approximate surface area is 157 Å². The third-order valence-corrected chi connectivity index (χ3v) is 5.57. The van der Waals surface area contributed by atoms with Crippen LogP contribution in [0.4, 0.5) is 5.69 Å². The zero-order valence-corrected chi connectivity index (χ0v) is 15.7. The Hall–Kier alpha value is -2.60. The smallest absolute Gasteiger partial charge is 0.237 e. The Morgan fingerprint density at radius 2 is 2.00 bits per heavy atom. The van der Waals surface area contributed by atoms with Crippen molar-refractivity contribution in [1.29, 1.82) is 0 Å². The van der Waals surface area contributed by atoms with Gasteiger partial charge in [-0.3, -0.25) is 9.36 Å². The lowest BCUT2D eigenvalue weighted by Crippen LogP contribution is -2.30. The van der Waals surface area contributed by atoms with E-state index >= 15 is 0 Å². The van der Waals surface area contributed by atoms with Gasteiger partial charge in [-0.05, 0) is 43.5 Å². The molecule has 6 heteroatoms. The lowest BCUT2D eigenvalue weighted by molar-refractivity contribution is -0.116. The second-order valence-electron chi connectivity index (χ2n) is 6.49. The van der Waals surface area contributed by atoms with Crippen LogP contribution in [0.1, 0.15) is 16.7 Å². The maximum atomic E-state index is 12.7. The molecule has 0 saturated heterocycles. The molecule has 132 valence electrons. The average Bonchev–Trinajstić information content (AvgIpc) is 3.26. The molecule has 0 spiro atoms. The van der Waals surface area contributed by atoms with Crippen LogP contribution in [-0.2, 0) is 11.2 Å². The van der Waals surface area contributed by atoms with Crippen LogP contribution in [-0.4, -0.2) is 33.0 Å². The summed E-state index contributed by atoms with van der Waals surface area (Å²) in [5, 5.41) is 8.98. The topological polar surface area (TPSA) is 51.0 Å². The van der Waals surface area contributed by atoms with Gasteiger partial charge in [0.05, 0.1) is 11.4 Å². The Balaban J connectivity index is 1.50. The molecular weight excluding hydrogens is 344 g/mol. The number of fused-ring (bicyclic) bond motifs is 1. The molecule has 0 fully saturated rings. The number of carbonyl (C=O) groups is 1. The molecule has 5 nitrogen and oxygen atoms in total. The first-order chi connectivity index (χ1) is 12.6. The van der Waals surface area contributed by atoms with Crippen LogP contribution in [0.3, 0.4) is 0 Å². The zero-order valence-electron chi connectivity index (χ0n) is 14.8. The van der Waals surface area contributed by atoms with Crippen molar-refractivity contribution < 1.29 is 4.79 Å². The van der Waals surface area contributed by atoms with Crippen LogP contribution >= 0.6 is 11.8 Å². The molecule has 1 amide bonds. The number of aromatic nitrogens is 3. The summed E-state index contributed by atoms with van der Waals surface area (Å²) in [4.78, 5) is 14.6. The van der Waals surface area contributed by atoms with E-state index in [-0.39, 0.29) is 5.91 Å². The van der Waals surface area contributed by atoms with E-state index in [4.69, 9.17) is 0 Å². The molecule has 26 heavy (non-hydrogen) atoms. The van der Waals surface area contributed by atoms with Crippen molar-refractivity contribution in [3.63, 3.8) is 0 Å². The van der Waals surface area contributed by atoms with Gasteiger partial charge >= 0.3 is 0 Å². The third-order valence-electron chi connectivity index (χ3n) is 4.64. The fourth-order valence-corrected chi connectivity index (χ4v) is 4.16. The van der Waals surface area contributed by atoms with E-state index in [0.717, 1.165) is 35.1 Å². The summed E-state index contributed by atoms with van der Waals surface area (Å²) in [5.74, 6) is 0.452. The van der Waals surface area contributed by atoms with Gasteiger partial charge in [-0.15, -0.1) is 10.2 Å². The fourth-order valence-electron chi connectivity index (χ4n) is 3.37. The summed E-state index contributed by atoms with van der Waals surface area (Å²) in [6, 6.07) is 14.4. The summed E-state index contributed by atoms with van der Waals surface area (Å²) in [6.45, 7) is 4.90. The zero-order chi connectivity index (χ0) is 18.1. The monoisotopic (exact) mass is 364 g/mol. The van der Waals surface area contributed by atoms with Gasteiger partial charge in [0.2, 0.25) is 5.91 Å². The largest absolute Gasteiger partial charge is 0.311 e. The molecule has 2 heterocycles. The number of nitrogens with zero attached hydrogens (tertiary/aromatic N) is 4. The molecule has 0 atom stereocenters. The number of anilines is 1. The van der Waals surface area contributed by atoms with Crippen molar-refractivity contribution in [3.05, 3.63) is 65.5 Å². The molecular formula is C20H20N4OS. The summed E-state index contributed by atoms with van der Waals surface area (Å²) in [7, 11) is 0. The number of amides is 1. The molecule has 0 aliphatic carbocycles. The minimum absolute atomic E-state index is 0.107. The van der Waals surface area contributed by atoms with Crippen molar-refractivity contribution in [2.75, 3.05) is 17.2 Å². The van der Waals surface area contributed by atoms with Gasteiger partial charge in [0.15, 0.2) is 5.16 Å². The second-order valence-corrected chi connectivity index (χ2v) is 7.43. The SMILES string of the molecule is Cc1ccc(-n2cnnc2SCC(=O)N2CCc3ccccc32)c(C)c1. The molecule has 0 unspecified atom stereocenters. The number of carbonyl (C=O) groups excluding carboxylic acids is 1. The molecule has 0 N–H and O–H groups in total. The van der Waals surface area contributed by atoms with Crippen LogP contribution in [0.5, 0.6) is 0 Å². The van der Waals surface area contributed by atoms with Gasteiger partial charge in [0.25, 0.3) is 0 Å². The van der Waals surface area contributed by atoms with Gasteiger partial charge in [-0.25, -0.2) is 0 Å². The predicted molar refractivity (Wildman–Crippen MR) is 104 cm³/mol. The van der Waals surface area contributed by atoms with Crippen molar-refractivity contribution >= 4 is 23.4 Å². The Morgan fingerprint density at radius 1 is 1.15 bits per heavy atom. The molecule has 0 bridgehead atoms. The van der Waals surface area contributed by atoms with Gasteiger partial charge in [-0.2, -0.15) is 0 Å². The molecule has 4 rings (SSSR count). The maximum Gasteiger partial charge on any atom is 0.237 e. The van der Waals surface area contributed by atoms with Crippen molar-refractivity contribution in [3.8, 4) is 5.69 Å². The van der Waals surface area contributed by atoms with Gasteiger partial charge in [0.1, 0.15) is 6.33 Å². The van der Waals surface area contributed by atoms with Crippen LogP contribution in [0, 0.1) is 13.8 Å². The molecule has 3 aromatic rings. The summed E-state index contributed by atoms with van der Waals surface area (Å²) in [6.07, 6.45) is 2.63. The molecule has 1 aliphatic heterocycles. The number of thioether (sulfide) groups is 1. The minimum atomic E-state index is 0.107. The quantitative estimate of drug-likeness (QED) is 0.664. The highest BCUT2D eigenvalue weighted by Crippen LogP contribution is 2.29. The van der Waals surface area contributed by atoms with E-state index in [1.165, 1.54) is 22.9 Å². The van der Waals surface area contributed by atoms with Gasteiger partial charge in [0, 0.05) is 12.2 Å². The normalized spacial score (nSPS) is 13.1. The van der Waals surface area contributed by atoms with Crippen molar-refractivity contribution in [2.45, 2.75) is 25.4 Å². The average molecular weight is 364 g/mol. The van der Waals surface area contributed by atoms with Gasteiger partial charge in [-0.1, -0.05) is 47.7 Å². The van der Waals surface area contributed by atoms with E-state index in [0.29, 0.717) is 5.75 Å². The number of benzene rings is 2. The van der Waals surface area contributed by atoms with Crippen LogP contribution in [0.25, 0.3) is 5.69 Å². The number of hydrogen-bond donors (Lipinski definition) is 0. The Morgan fingerprint density at radius 3 is 2.85 bits per heavy atom. The fraction of sp³-hybridized carbons (Fsp3) is 0.250. The summed E-state index contributed by atoms with van der Waals surface area (Å²) >= 11 is 1.43. The summed E-state index contributed by atoms with van der Waals surface area (Å²) in [5.41, 5.74) is 5.70. The Bertz CT molecular complexity index is 966. The highest BCUT2D eigenvalue weighted by molar-refractivity contribution is 7.99. The second kappa shape index (κ2) is 6.96. The van der Waals surface area contributed by atoms with Crippen molar-refractivity contribution in [1.82, 2.24) is 14.8 Å². The number of rotatable bonds is 4. The molecule has 0 saturated carbocycles. The standard InChI is InChI=1S/C20H20N4OS/c1-14-7-8-17(15(2)11-14)24-13-21-22-20(24)26-12-19(25)23-10-9-16-5-3-4-6-18(16)23/h3-8,11,13H,9-10,12H2,1-2H3. The van der Waals surface area contributed by atoms with Crippen LogP contribution in [0.15, 0.2) is 53.9 Å². The van der Waals surface area contributed by atoms with Crippen LogP contribution < -0.4 is 4.90 Å². The lowest BCUT2D eigenvalue weighted by Gasteiger charge is -2.17. The van der Waals surface area contributed by atoms with Gasteiger partial charge < -0.3 is 4.90 Å². The highest BCUT2D eigenvalue weighted by atomic mass is 32.2. The summed E-state index contributed by atoms with van der Waals surface area (Å²) < 4.78 is 1.95. The number of hydrogen-bond acceptors (Lipinski definition) is 4. The molecule has 2 aromatic carbocycles. The van der Waals surface area contributed by atoms with Crippen molar-refractivity contribution in [2.24, 2.45) is 0 Å². The maximum absolute atomic E-state index is 12.7. The predicted octanol–water partition coefficient (Wildman–Crippen LogP) is 3.57. The first-order valence-electron chi connectivity index (χ1n) is 8.62. The first kappa shape index (κ1) is 16.8. The van der Waals surface area contributed by atoms with Crippen LogP contribution in [0.2, 0.25) is 0 Å². The highest BCUT2D eigenvalue weighted by Gasteiger charge is 2.24. The number of aryl methyl sites for hydroxylation is 2. The molecule has 1 aliphatic rings. The molecule has 1 aromatic heterocycles. The Kier molecular flexibility index (Phi) is 4.51. The van der Waals surface area contributed by atoms with E-state index in [1.54, 1.807) is 6.33 Å². The molecule has 0 radical (unpaired) electrons. The minimum Gasteiger partial charge on any atom is -0.311 e. The van der Waals surface area contributed by atoms with E-state index in [9.17, 15) is 4.79 Å². The van der Waals surface area contributed by atoms with E-state index < -0.39 is 0 Å². The lowest BCUT2D eigenvalue weighted by atomic mass is 10.1.